The summed E-state index contributed by atoms with van der Waals surface area (Å²) in [6.45, 7) is 3.58. The molecule has 0 aromatic carbocycles. The van der Waals surface area contributed by atoms with Gasteiger partial charge in [0.15, 0.2) is 5.96 Å². The Morgan fingerprint density at radius 3 is 2.62 bits per heavy atom. The number of hydrogen-bond acceptors (Lipinski definition) is 7. The molecule has 2 rings (SSSR count). The molecule has 0 radical (unpaired) electrons. The van der Waals surface area contributed by atoms with E-state index in [1.165, 1.54) is 7.11 Å². The normalized spacial score (nSPS) is 14.5. The van der Waals surface area contributed by atoms with Crippen LogP contribution in [0.25, 0.3) is 0 Å². The molecule has 0 bridgehead atoms. The van der Waals surface area contributed by atoms with E-state index in [2.05, 4.69) is 50.7 Å². The number of aliphatic imine (C=N–C) groups is 1. The van der Waals surface area contributed by atoms with Crippen LogP contribution < -0.4 is 15.0 Å². The van der Waals surface area contributed by atoms with E-state index in [1.807, 2.05) is 0 Å². The van der Waals surface area contributed by atoms with E-state index in [9.17, 15) is 4.79 Å². The molecule has 1 N–H and O–H groups in total. The first-order chi connectivity index (χ1) is 12.1. The number of aromatic nitrogens is 2. The Balaban J connectivity index is 0.00000338. The van der Waals surface area contributed by atoms with Gasteiger partial charge < -0.3 is 24.6 Å². The maximum Gasteiger partial charge on any atom is 0.307 e. The van der Waals surface area contributed by atoms with Gasteiger partial charge in [-0.05, 0) is 15.9 Å². The molecule has 1 saturated heterocycles. The molecule has 0 unspecified atom stereocenters. The molecular weight excluding hydrogens is 519 g/mol. The quantitative estimate of drug-likeness (QED) is 0.256. The second-order valence-electron chi connectivity index (χ2n) is 5.30. The van der Waals surface area contributed by atoms with E-state index in [4.69, 9.17) is 4.74 Å². The molecule has 0 atom stereocenters. The number of esters is 1. The van der Waals surface area contributed by atoms with Crippen LogP contribution in [-0.4, -0.2) is 80.8 Å². The van der Waals surface area contributed by atoms with Gasteiger partial charge in [-0.2, -0.15) is 4.98 Å². The number of anilines is 1. The third-order valence-corrected chi connectivity index (χ3v) is 4.35. The number of piperazine rings is 1. The molecule has 146 valence electrons. The lowest BCUT2D eigenvalue weighted by molar-refractivity contribution is -0.140. The second-order valence-corrected chi connectivity index (χ2v) is 6.16. The summed E-state index contributed by atoms with van der Waals surface area (Å²) < 4.78 is 10.6. The Kier molecular flexibility index (Phi) is 9.91. The van der Waals surface area contributed by atoms with E-state index in [0.29, 0.717) is 24.8 Å². The minimum atomic E-state index is -0.242. The van der Waals surface area contributed by atoms with Gasteiger partial charge in [-0.15, -0.1) is 24.0 Å². The number of halogens is 2. The number of nitrogens with zero attached hydrogens (tertiary/aromatic N) is 5. The highest BCUT2D eigenvalue weighted by molar-refractivity contribution is 14.0. The molecule has 1 aromatic heterocycles. The van der Waals surface area contributed by atoms with Gasteiger partial charge in [-0.3, -0.25) is 9.79 Å². The van der Waals surface area contributed by atoms with E-state index >= 15 is 0 Å². The van der Waals surface area contributed by atoms with Crippen molar-refractivity contribution in [3.63, 3.8) is 0 Å². The molecule has 9 nitrogen and oxygen atoms in total. The summed E-state index contributed by atoms with van der Waals surface area (Å²) >= 11 is 3.36. The highest BCUT2D eigenvalue weighted by Gasteiger charge is 2.22. The Bertz CT molecular complexity index is 625. The van der Waals surface area contributed by atoms with Crippen molar-refractivity contribution in [1.82, 2.24) is 20.2 Å². The fourth-order valence-corrected chi connectivity index (χ4v) is 2.82. The van der Waals surface area contributed by atoms with Crippen LogP contribution in [0.1, 0.15) is 6.42 Å². The average molecular weight is 543 g/mol. The van der Waals surface area contributed by atoms with Gasteiger partial charge >= 0.3 is 5.97 Å². The lowest BCUT2D eigenvalue weighted by Crippen LogP contribution is -2.53. The minimum absolute atomic E-state index is 0. The van der Waals surface area contributed by atoms with E-state index in [-0.39, 0.29) is 29.9 Å². The number of carbonyl (C=O) groups is 1. The summed E-state index contributed by atoms with van der Waals surface area (Å²) in [7, 11) is 4.70. The molecule has 0 aliphatic carbocycles. The molecule has 1 aliphatic rings. The first kappa shape index (κ1) is 22.7. The van der Waals surface area contributed by atoms with Crippen LogP contribution >= 0.6 is 39.9 Å². The van der Waals surface area contributed by atoms with Crippen LogP contribution in [0, 0.1) is 0 Å². The molecular formula is C15H24BrIN6O3. The van der Waals surface area contributed by atoms with Gasteiger partial charge in [0.1, 0.15) is 0 Å². The summed E-state index contributed by atoms with van der Waals surface area (Å²) in [6.07, 6.45) is 2.00. The molecule has 11 heteroatoms. The Morgan fingerprint density at radius 2 is 2.04 bits per heavy atom. The van der Waals surface area contributed by atoms with Gasteiger partial charge in [-0.1, -0.05) is 0 Å². The van der Waals surface area contributed by atoms with Crippen LogP contribution in [0.3, 0.4) is 0 Å². The highest BCUT2D eigenvalue weighted by atomic mass is 127. The first-order valence-electron chi connectivity index (χ1n) is 7.93. The minimum Gasteiger partial charge on any atom is -0.480 e. The van der Waals surface area contributed by atoms with Crippen molar-refractivity contribution < 1.29 is 14.3 Å². The van der Waals surface area contributed by atoms with E-state index < -0.39 is 0 Å². The monoisotopic (exact) mass is 542 g/mol. The van der Waals surface area contributed by atoms with Crippen molar-refractivity contribution in [1.29, 1.82) is 0 Å². The topological polar surface area (TPSA) is 92.2 Å². The number of guanidine groups is 1. The summed E-state index contributed by atoms with van der Waals surface area (Å²) in [6, 6.07) is 0. The van der Waals surface area contributed by atoms with Crippen molar-refractivity contribution in [2.24, 2.45) is 4.99 Å². The van der Waals surface area contributed by atoms with Crippen molar-refractivity contribution in [3.05, 3.63) is 10.7 Å². The fraction of sp³-hybridized carbons (Fsp3) is 0.600. The molecule has 2 heterocycles. The van der Waals surface area contributed by atoms with Crippen LogP contribution in [0.5, 0.6) is 5.88 Å². The third-order valence-electron chi connectivity index (χ3n) is 3.81. The molecule has 1 aliphatic heterocycles. The first-order valence-corrected chi connectivity index (χ1v) is 8.72. The molecule has 0 saturated carbocycles. The second kappa shape index (κ2) is 11.4. The smallest absolute Gasteiger partial charge is 0.307 e. The zero-order valence-electron chi connectivity index (χ0n) is 15.1. The van der Waals surface area contributed by atoms with Crippen molar-refractivity contribution in [2.45, 2.75) is 6.42 Å². The zero-order chi connectivity index (χ0) is 18.2. The molecule has 0 amide bonds. The van der Waals surface area contributed by atoms with Crippen LogP contribution in [0.15, 0.2) is 15.7 Å². The third kappa shape index (κ3) is 6.11. The van der Waals surface area contributed by atoms with Crippen LogP contribution in [0.4, 0.5) is 5.95 Å². The van der Waals surface area contributed by atoms with Gasteiger partial charge in [-0.25, -0.2) is 4.98 Å². The number of rotatable bonds is 5. The van der Waals surface area contributed by atoms with Crippen molar-refractivity contribution in [3.8, 4) is 5.88 Å². The van der Waals surface area contributed by atoms with E-state index in [0.717, 1.165) is 36.6 Å². The average Bonchev–Trinajstić information content (AvgIpc) is 2.65. The van der Waals surface area contributed by atoms with Gasteiger partial charge in [0.2, 0.25) is 11.8 Å². The number of carbonyl (C=O) groups excluding carboxylic acids is 1. The van der Waals surface area contributed by atoms with Crippen LogP contribution in [0.2, 0.25) is 0 Å². The Hall–Kier alpha value is -1.37. The Morgan fingerprint density at radius 1 is 1.35 bits per heavy atom. The SMILES string of the molecule is CN=C(NCCC(=O)OC)N1CCN(c2ncc(Br)c(OC)n2)CC1.I. The van der Waals surface area contributed by atoms with Crippen molar-refractivity contribution in [2.75, 3.05) is 58.9 Å². The lowest BCUT2D eigenvalue weighted by Gasteiger charge is -2.36. The summed E-state index contributed by atoms with van der Waals surface area (Å²) in [5.41, 5.74) is 0. The molecule has 1 fully saturated rings. The zero-order valence-corrected chi connectivity index (χ0v) is 19.0. The summed E-state index contributed by atoms with van der Waals surface area (Å²) in [4.78, 5) is 28.5. The van der Waals surface area contributed by atoms with E-state index in [1.54, 1.807) is 20.4 Å². The predicted octanol–water partition coefficient (Wildman–Crippen LogP) is 1.13. The molecule has 0 spiro atoms. The van der Waals surface area contributed by atoms with Gasteiger partial charge in [0, 0.05) is 39.8 Å². The highest BCUT2D eigenvalue weighted by Crippen LogP contribution is 2.23. The maximum atomic E-state index is 11.2. The largest absolute Gasteiger partial charge is 0.480 e. The van der Waals surface area contributed by atoms with Crippen LogP contribution in [-0.2, 0) is 9.53 Å². The van der Waals surface area contributed by atoms with Crippen molar-refractivity contribution >= 4 is 57.8 Å². The standard InChI is InChI=1S/C15H23BrN6O3.HI/c1-17-14(18-5-4-12(23)24-2)21-6-8-22(9-7-21)15-19-10-11(16)13(20-15)25-3;/h10H,4-9H2,1-3H3,(H,17,18);1H. The molecule has 1 aromatic rings. The van der Waals surface area contributed by atoms with Gasteiger partial charge in [0.05, 0.1) is 31.3 Å². The lowest BCUT2D eigenvalue weighted by atomic mass is 10.3. The number of hydrogen-bond donors (Lipinski definition) is 1. The maximum absolute atomic E-state index is 11.2. The summed E-state index contributed by atoms with van der Waals surface area (Å²) in [5, 5.41) is 3.18. The number of nitrogens with one attached hydrogen (secondary N) is 1. The van der Waals surface area contributed by atoms with Gasteiger partial charge in [0.25, 0.3) is 0 Å². The predicted molar refractivity (Wildman–Crippen MR) is 113 cm³/mol. The molecule has 26 heavy (non-hydrogen) atoms. The Labute approximate surface area is 178 Å². The number of ether oxygens (including phenoxy) is 2. The number of methoxy groups -OCH3 is 2. The fourth-order valence-electron chi connectivity index (χ4n) is 2.47. The summed E-state index contributed by atoms with van der Waals surface area (Å²) in [5.74, 6) is 1.70.